The van der Waals surface area contributed by atoms with Crippen molar-refractivity contribution in [2.24, 2.45) is 9.98 Å². The van der Waals surface area contributed by atoms with Crippen LogP contribution in [0.25, 0.3) is 0 Å². The van der Waals surface area contributed by atoms with E-state index in [1.165, 1.54) is 6.34 Å². The molecule has 0 spiro atoms. The van der Waals surface area contributed by atoms with Crippen molar-refractivity contribution >= 4 is 29.0 Å². The molecule has 0 heterocycles. The molecule has 0 saturated carbocycles. The molecule has 0 aromatic heterocycles. The van der Waals surface area contributed by atoms with E-state index in [4.69, 9.17) is 0 Å². The third kappa shape index (κ3) is 5.56. The van der Waals surface area contributed by atoms with Gasteiger partial charge in [-0.1, -0.05) is 15.9 Å². The topological polar surface area (TPSA) is 24.7 Å². The first kappa shape index (κ1) is 6.56. The Balaban J connectivity index is 3.27. The maximum absolute atomic E-state index is 3.63. The van der Waals surface area contributed by atoms with Crippen molar-refractivity contribution in [3.8, 4) is 0 Å². The molecule has 0 aliphatic heterocycles. The molecular weight excluding hydrogens is 156 g/mol. The van der Waals surface area contributed by atoms with Crippen molar-refractivity contribution in [3.63, 3.8) is 0 Å². The molecule has 0 N–H and O–H groups in total. The Bertz CT molecular complexity index is 95.9. The monoisotopic (exact) mass is 160 g/mol. The van der Waals surface area contributed by atoms with Crippen LogP contribution >= 0.6 is 15.9 Å². The SMILES string of the molecule is C=N/C=N\C=C\Br. The Hall–Kier alpha value is -0.440. The second kappa shape index (κ2) is 5.56. The van der Waals surface area contributed by atoms with Gasteiger partial charge in [-0.15, -0.1) is 0 Å². The fraction of sp³-hybridized carbons (Fsp3) is 0. The second-order valence-electron chi connectivity index (χ2n) is 0.722. The molecule has 0 aliphatic carbocycles. The highest BCUT2D eigenvalue weighted by atomic mass is 79.9. The van der Waals surface area contributed by atoms with Crippen LogP contribution in [0.5, 0.6) is 0 Å². The molecule has 0 unspecified atom stereocenters. The van der Waals surface area contributed by atoms with Gasteiger partial charge < -0.3 is 0 Å². The number of hydrogen-bond donors (Lipinski definition) is 0. The normalized spacial score (nSPS) is 11.0. The molecule has 2 nitrogen and oxygen atoms in total. The minimum atomic E-state index is 1.36. The summed E-state index contributed by atoms with van der Waals surface area (Å²) >= 11 is 3.02. The lowest BCUT2D eigenvalue weighted by atomic mass is 11.0. The molecule has 38 valence electrons. The number of halogens is 1. The molecule has 0 aromatic rings. The van der Waals surface area contributed by atoms with E-state index in [9.17, 15) is 0 Å². The first-order chi connectivity index (χ1) is 3.41. The zero-order valence-electron chi connectivity index (χ0n) is 3.71. The summed E-state index contributed by atoms with van der Waals surface area (Å²) in [5.74, 6) is 0. The highest BCUT2D eigenvalue weighted by molar-refractivity contribution is 9.11. The summed E-state index contributed by atoms with van der Waals surface area (Å²) in [6.07, 6.45) is 2.92. The highest BCUT2D eigenvalue weighted by Gasteiger charge is 1.53. The van der Waals surface area contributed by atoms with Gasteiger partial charge in [0, 0.05) is 6.20 Å². The summed E-state index contributed by atoms with van der Waals surface area (Å²) in [5, 5.41) is 0. The van der Waals surface area contributed by atoms with E-state index < -0.39 is 0 Å². The third-order valence-electron chi connectivity index (χ3n) is 0.291. The maximum Gasteiger partial charge on any atom is 0.114 e. The molecule has 0 radical (unpaired) electrons. The number of aliphatic imine (C=N–C) groups is 2. The van der Waals surface area contributed by atoms with Crippen LogP contribution in [-0.4, -0.2) is 13.1 Å². The fourth-order valence-corrected chi connectivity index (χ4v) is 0.255. The van der Waals surface area contributed by atoms with Gasteiger partial charge in [0.25, 0.3) is 0 Å². The van der Waals surface area contributed by atoms with Crippen molar-refractivity contribution in [2.75, 3.05) is 0 Å². The van der Waals surface area contributed by atoms with Gasteiger partial charge in [0.1, 0.15) is 6.34 Å². The fourth-order valence-electron chi connectivity index (χ4n) is 0.118. The van der Waals surface area contributed by atoms with Crippen molar-refractivity contribution in [1.82, 2.24) is 0 Å². The summed E-state index contributed by atoms with van der Waals surface area (Å²) in [7, 11) is 0. The molecule has 0 aliphatic rings. The van der Waals surface area contributed by atoms with E-state index in [1.54, 1.807) is 11.2 Å². The molecule has 0 bridgehead atoms. The van der Waals surface area contributed by atoms with Gasteiger partial charge in [-0.05, 0) is 11.7 Å². The maximum atomic E-state index is 3.63. The minimum absolute atomic E-state index is 1.36. The molecular formula is C4H5BrN2. The Kier molecular flexibility index (Phi) is 5.21. The Morgan fingerprint density at radius 3 is 2.71 bits per heavy atom. The number of hydrogen-bond acceptors (Lipinski definition) is 1. The van der Waals surface area contributed by atoms with Gasteiger partial charge in [0.05, 0.1) is 0 Å². The highest BCUT2D eigenvalue weighted by Crippen LogP contribution is 1.80. The van der Waals surface area contributed by atoms with Crippen molar-refractivity contribution in [2.45, 2.75) is 0 Å². The van der Waals surface area contributed by atoms with E-state index in [2.05, 4.69) is 32.6 Å². The van der Waals surface area contributed by atoms with Gasteiger partial charge in [0.15, 0.2) is 0 Å². The molecule has 0 atom stereocenters. The van der Waals surface area contributed by atoms with Crippen LogP contribution in [-0.2, 0) is 0 Å². The smallest absolute Gasteiger partial charge is 0.114 e. The van der Waals surface area contributed by atoms with Crippen LogP contribution < -0.4 is 0 Å². The molecule has 0 fully saturated rings. The predicted molar refractivity (Wildman–Crippen MR) is 36.1 cm³/mol. The van der Waals surface area contributed by atoms with Crippen LogP contribution in [0.15, 0.2) is 21.2 Å². The lowest BCUT2D eigenvalue weighted by Gasteiger charge is -1.65. The second-order valence-corrected chi connectivity index (χ2v) is 1.25. The molecule has 0 aromatic carbocycles. The van der Waals surface area contributed by atoms with Crippen molar-refractivity contribution in [3.05, 3.63) is 11.2 Å². The lowest BCUT2D eigenvalue weighted by Crippen LogP contribution is -1.54. The van der Waals surface area contributed by atoms with Crippen LogP contribution in [0.4, 0.5) is 0 Å². The largest absolute Gasteiger partial charge is 0.253 e. The average Bonchev–Trinajstić information content (AvgIpc) is 1.69. The van der Waals surface area contributed by atoms with Crippen LogP contribution in [0.2, 0.25) is 0 Å². The van der Waals surface area contributed by atoms with Gasteiger partial charge in [-0.25, -0.2) is 4.99 Å². The summed E-state index contributed by atoms with van der Waals surface area (Å²) in [6.45, 7) is 3.18. The van der Waals surface area contributed by atoms with E-state index in [0.717, 1.165) is 0 Å². The summed E-state index contributed by atoms with van der Waals surface area (Å²) in [4.78, 5) is 8.62. The minimum Gasteiger partial charge on any atom is -0.253 e. The van der Waals surface area contributed by atoms with E-state index >= 15 is 0 Å². The van der Waals surface area contributed by atoms with Crippen molar-refractivity contribution in [1.29, 1.82) is 0 Å². The van der Waals surface area contributed by atoms with Crippen LogP contribution in [0.3, 0.4) is 0 Å². The Labute approximate surface area is 50.8 Å². The van der Waals surface area contributed by atoms with E-state index in [-0.39, 0.29) is 0 Å². The van der Waals surface area contributed by atoms with Gasteiger partial charge in [-0.2, -0.15) is 0 Å². The first-order valence-electron chi connectivity index (χ1n) is 1.64. The standard InChI is InChI=1S/C4H5BrN2/c1-6-4-7-3-2-5/h2-4H,1H2/b3-2+,7-4-. The zero-order chi connectivity index (χ0) is 5.54. The molecule has 0 rings (SSSR count). The molecule has 0 amide bonds. The number of rotatable bonds is 2. The Morgan fingerprint density at radius 2 is 2.29 bits per heavy atom. The summed E-state index contributed by atoms with van der Waals surface area (Å²) in [6, 6.07) is 0. The van der Waals surface area contributed by atoms with Gasteiger partial charge in [-0.3, -0.25) is 4.99 Å². The predicted octanol–water partition coefficient (Wildman–Crippen LogP) is 1.58. The lowest BCUT2D eigenvalue weighted by molar-refractivity contribution is 1.58. The van der Waals surface area contributed by atoms with Crippen molar-refractivity contribution < 1.29 is 0 Å². The van der Waals surface area contributed by atoms with E-state index in [1.807, 2.05) is 0 Å². The average molecular weight is 161 g/mol. The molecule has 0 saturated heterocycles. The summed E-state index contributed by atoms with van der Waals surface area (Å²) in [5.41, 5.74) is 0. The first-order valence-corrected chi connectivity index (χ1v) is 2.56. The molecule has 7 heavy (non-hydrogen) atoms. The molecule has 3 heteroatoms. The third-order valence-corrected chi connectivity index (χ3v) is 0.527. The number of nitrogens with zero attached hydrogens (tertiary/aromatic N) is 2. The zero-order valence-corrected chi connectivity index (χ0v) is 5.30. The van der Waals surface area contributed by atoms with E-state index in [0.29, 0.717) is 0 Å². The quantitative estimate of drug-likeness (QED) is 0.433. The Morgan fingerprint density at radius 1 is 1.57 bits per heavy atom. The summed E-state index contributed by atoms with van der Waals surface area (Å²) < 4.78 is 0. The van der Waals surface area contributed by atoms with Crippen LogP contribution in [0, 0.1) is 0 Å². The van der Waals surface area contributed by atoms with Gasteiger partial charge >= 0.3 is 0 Å². The van der Waals surface area contributed by atoms with Crippen LogP contribution in [0.1, 0.15) is 0 Å². The van der Waals surface area contributed by atoms with Gasteiger partial charge in [0.2, 0.25) is 0 Å².